The number of fused-ring (bicyclic) bond motifs is 1. The normalized spacial score (nSPS) is 21.7. The molecule has 182 valence electrons. The molecule has 0 saturated carbocycles. The molecule has 10 heteroatoms. The Bertz CT molecular complexity index is 1180. The summed E-state index contributed by atoms with van der Waals surface area (Å²) in [6.45, 7) is 3.48. The van der Waals surface area contributed by atoms with Crippen LogP contribution in [0, 0.1) is 0 Å². The predicted molar refractivity (Wildman–Crippen MR) is 127 cm³/mol. The topological polar surface area (TPSA) is 121 Å². The first kappa shape index (κ1) is 22.8. The van der Waals surface area contributed by atoms with Gasteiger partial charge in [0.05, 0.1) is 11.9 Å². The number of ether oxygens (including phenoxy) is 1. The van der Waals surface area contributed by atoms with Crippen molar-refractivity contribution in [2.75, 3.05) is 16.8 Å². The average molecular weight is 478 g/mol. The van der Waals surface area contributed by atoms with Gasteiger partial charge in [0.25, 0.3) is 5.91 Å². The number of hydrogen-bond donors (Lipinski definition) is 2. The van der Waals surface area contributed by atoms with Crippen molar-refractivity contribution in [3.63, 3.8) is 0 Å². The largest absolute Gasteiger partial charge is 0.444 e. The van der Waals surface area contributed by atoms with Gasteiger partial charge in [0.15, 0.2) is 0 Å². The van der Waals surface area contributed by atoms with Crippen LogP contribution in [0.4, 0.5) is 16.3 Å². The molecule has 4 amide bonds. The Morgan fingerprint density at radius 2 is 2.03 bits per heavy atom. The summed E-state index contributed by atoms with van der Waals surface area (Å²) in [6.07, 6.45) is 3.95. The van der Waals surface area contributed by atoms with Gasteiger partial charge in [0, 0.05) is 31.1 Å². The molecule has 0 spiro atoms. The second kappa shape index (κ2) is 9.36. The molecule has 1 unspecified atom stereocenters. The number of carbonyl (C=O) groups is 4. The molecule has 2 N–H and O–H groups in total. The lowest BCUT2D eigenvalue weighted by atomic mass is 10.0. The lowest BCUT2D eigenvalue weighted by Crippen LogP contribution is -2.52. The van der Waals surface area contributed by atoms with Crippen molar-refractivity contribution in [3.05, 3.63) is 53.2 Å². The summed E-state index contributed by atoms with van der Waals surface area (Å²) in [5.74, 6) is -0.633. The van der Waals surface area contributed by atoms with Gasteiger partial charge < -0.3 is 14.5 Å². The molecule has 35 heavy (non-hydrogen) atoms. The van der Waals surface area contributed by atoms with Crippen LogP contribution in [0.3, 0.4) is 0 Å². The van der Waals surface area contributed by atoms with E-state index in [1.807, 2.05) is 6.07 Å². The Morgan fingerprint density at radius 1 is 1.17 bits per heavy atom. The molecular weight excluding hydrogens is 450 g/mol. The summed E-state index contributed by atoms with van der Waals surface area (Å²) in [5.41, 5.74) is 2.96. The second-order valence-electron chi connectivity index (χ2n) is 9.18. The Morgan fingerprint density at radius 3 is 2.74 bits per heavy atom. The summed E-state index contributed by atoms with van der Waals surface area (Å²) in [4.78, 5) is 56.9. The maximum absolute atomic E-state index is 12.9. The highest BCUT2D eigenvalue weighted by Crippen LogP contribution is 2.29. The molecule has 4 heterocycles. The van der Waals surface area contributed by atoms with E-state index in [4.69, 9.17) is 4.74 Å². The van der Waals surface area contributed by atoms with Gasteiger partial charge in [0.1, 0.15) is 18.5 Å². The fourth-order valence-electron chi connectivity index (χ4n) is 4.93. The number of anilines is 2. The third-order valence-corrected chi connectivity index (χ3v) is 6.83. The first-order chi connectivity index (χ1) is 16.9. The number of nitrogens with one attached hydrogen (secondary N) is 2. The minimum atomic E-state index is -0.661. The lowest BCUT2D eigenvalue weighted by Gasteiger charge is -2.29. The van der Waals surface area contributed by atoms with E-state index in [-0.39, 0.29) is 24.8 Å². The van der Waals surface area contributed by atoms with E-state index in [1.54, 1.807) is 30.5 Å². The van der Waals surface area contributed by atoms with Gasteiger partial charge >= 0.3 is 6.09 Å². The molecule has 2 saturated heterocycles. The van der Waals surface area contributed by atoms with E-state index in [0.29, 0.717) is 36.0 Å². The molecule has 2 atom stereocenters. The van der Waals surface area contributed by atoms with E-state index < -0.39 is 18.0 Å². The van der Waals surface area contributed by atoms with Crippen LogP contribution in [0.15, 0.2) is 36.5 Å². The van der Waals surface area contributed by atoms with Crippen molar-refractivity contribution in [1.29, 1.82) is 0 Å². The summed E-state index contributed by atoms with van der Waals surface area (Å²) in [6, 6.07) is 8.78. The minimum absolute atomic E-state index is 0.0197. The first-order valence-corrected chi connectivity index (χ1v) is 11.8. The number of piperidine rings is 1. The molecule has 1 aromatic heterocycles. The van der Waals surface area contributed by atoms with Crippen LogP contribution in [0.25, 0.3) is 0 Å². The standard InChI is InChI=1S/C25H27N5O5/c1-15-3-2-10-29(15)18-6-8-21(26-12-18)27-25(34)35-14-16-4-5-17-13-30(24(33)19(17)11-16)20-7-9-22(31)28-23(20)32/h4-6,8,11-12,15,20H,2-3,7,9-10,13-14H2,1H3,(H,26,27,34)(H,28,31,32)/t15-,20?/m1/s1. The summed E-state index contributed by atoms with van der Waals surface area (Å²) >= 11 is 0. The van der Waals surface area contributed by atoms with Gasteiger partial charge in [0.2, 0.25) is 11.8 Å². The van der Waals surface area contributed by atoms with Gasteiger partial charge in [-0.2, -0.15) is 0 Å². The molecule has 0 bridgehead atoms. The number of nitrogens with zero attached hydrogens (tertiary/aromatic N) is 3. The molecule has 3 aliphatic rings. The van der Waals surface area contributed by atoms with Gasteiger partial charge in [-0.1, -0.05) is 12.1 Å². The highest BCUT2D eigenvalue weighted by Gasteiger charge is 2.39. The van der Waals surface area contributed by atoms with Gasteiger partial charge in [-0.05, 0) is 55.5 Å². The Kier molecular flexibility index (Phi) is 6.10. The van der Waals surface area contributed by atoms with E-state index in [1.165, 1.54) is 4.90 Å². The third-order valence-electron chi connectivity index (χ3n) is 6.83. The Balaban J connectivity index is 1.16. The maximum Gasteiger partial charge on any atom is 0.413 e. The zero-order valence-corrected chi connectivity index (χ0v) is 19.5. The van der Waals surface area contributed by atoms with E-state index in [9.17, 15) is 19.2 Å². The van der Waals surface area contributed by atoms with Crippen LogP contribution in [-0.4, -0.2) is 52.3 Å². The van der Waals surface area contributed by atoms with Crippen LogP contribution in [0.1, 0.15) is 54.1 Å². The quantitative estimate of drug-likeness (QED) is 0.635. The van der Waals surface area contributed by atoms with Gasteiger partial charge in [-0.25, -0.2) is 9.78 Å². The van der Waals surface area contributed by atoms with Crippen LogP contribution in [0.5, 0.6) is 0 Å². The zero-order valence-electron chi connectivity index (χ0n) is 19.5. The number of benzene rings is 1. The van der Waals surface area contributed by atoms with Crippen molar-refractivity contribution in [2.24, 2.45) is 0 Å². The second-order valence-corrected chi connectivity index (χ2v) is 9.18. The SMILES string of the molecule is C[C@@H]1CCCN1c1ccc(NC(=O)OCc2ccc3c(c2)C(=O)N(C2CCC(=O)NC2=O)C3)nc1. The molecule has 10 nitrogen and oxygen atoms in total. The summed E-state index contributed by atoms with van der Waals surface area (Å²) in [7, 11) is 0. The van der Waals surface area contributed by atoms with E-state index >= 15 is 0 Å². The van der Waals surface area contributed by atoms with Crippen molar-refractivity contribution in [3.8, 4) is 0 Å². The van der Waals surface area contributed by atoms with E-state index in [2.05, 4.69) is 27.4 Å². The monoisotopic (exact) mass is 477 g/mol. The lowest BCUT2D eigenvalue weighted by molar-refractivity contribution is -0.136. The smallest absolute Gasteiger partial charge is 0.413 e. The van der Waals surface area contributed by atoms with Gasteiger partial charge in [-0.3, -0.25) is 25.0 Å². The molecule has 1 aromatic carbocycles. The summed E-state index contributed by atoms with van der Waals surface area (Å²) in [5, 5.41) is 4.92. The number of hydrogen-bond acceptors (Lipinski definition) is 7. The number of amides is 4. The van der Waals surface area contributed by atoms with Crippen LogP contribution >= 0.6 is 0 Å². The maximum atomic E-state index is 12.9. The highest BCUT2D eigenvalue weighted by molar-refractivity contribution is 6.05. The fraction of sp³-hybridized carbons (Fsp3) is 0.400. The number of carbonyl (C=O) groups excluding carboxylic acids is 4. The summed E-state index contributed by atoms with van der Waals surface area (Å²) < 4.78 is 5.32. The highest BCUT2D eigenvalue weighted by atomic mass is 16.5. The van der Waals surface area contributed by atoms with Crippen LogP contribution in [0.2, 0.25) is 0 Å². The minimum Gasteiger partial charge on any atom is -0.444 e. The van der Waals surface area contributed by atoms with Crippen molar-refractivity contribution in [1.82, 2.24) is 15.2 Å². The average Bonchev–Trinajstić information content (AvgIpc) is 3.41. The van der Waals surface area contributed by atoms with Crippen molar-refractivity contribution >= 4 is 35.3 Å². The van der Waals surface area contributed by atoms with Gasteiger partial charge in [-0.15, -0.1) is 0 Å². The molecule has 2 fully saturated rings. The zero-order chi connectivity index (χ0) is 24.5. The number of pyridine rings is 1. The molecule has 0 aliphatic carbocycles. The molecule has 0 radical (unpaired) electrons. The molecule has 3 aliphatic heterocycles. The van der Waals surface area contributed by atoms with Crippen LogP contribution in [-0.2, 0) is 27.5 Å². The van der Waals surface area contributed by atoms with Crippen molar-refractivity contribution in [2.45, 2.75) is 57.8 Å². The Labute approximate surface area is 202 Å². The van der Waals surface area contributed by atoms with E-state index in [0.717, 1.165) is 30.6 Å². The molecule has 5 rings (SSSR count). The number of imide groups is 1. The first-order valence-electron chi connectivity index (χ1n) is 11.8. The molecular formula is C25H27N5O5. The van der Waals surface area contributed by atoms with Crippen LogP contribution < -0.4 is 15.5 Å². The third kappa shape index (κ3) is 4.68. The fourth-order valence-corrected chi connectivity index (χ4v) is 4.93. The molecule has 2 aromatic rings. The number of aromatic nitrogens is 1. The predicted octanol–water partition coefficient (Wildman–Crippen LogP) is 2.58. The van der Waals surface area contributed by atoms with Crippen molar-refractivity contribution < 1.29 is 23.9 Å². The Hall–Kier alpha value is -3.95. The number of rotatable bonds is 5.